The van der Waals surface area contributed by atoms with Crippen LogP contribution in [-0.2, 0) is 12.8 Å². The fraction of sp³-hybridized carbons (Fsp3) is 0.152. The Balaban J connectivity index is 0.000000200. The lowest BCUT2D eigenvalue weighted by molar-refractivity contribution is 0.620. The van der Waals surface area contributed by atoms with E-state index < -0.39 is 0 Å². The zero-order chi connectivity index (χ0) is 26.1. The number of rotatable bonds is 2. The summed E-state index contributed by atoms with van der Waals surface area (Å²) in [4.78, 5) is 11.1. The van der Waals surface area contributed by atoms with Crippen molar-refractivity contribution in [3.05, 3.63) is 140 Å². The van der Waals surface area contributed by atoms with E-state index in [-0.39, 0.29) is 11.4 Å². The Kier molecular flexibility index (Phi) is 6.77. The number of fused-ring (bicyclic) bond motifs is 5. The molecule has 1 heterocycles. The van der Waals surface area contributed by atoms with Crippen LogP contribution in [0.4, 0.5) is 4.39 Å². The van der Waals surface area contributed by atoms with E-state index in [1.807, 2.05) is 30.3 Å². The topological polar surface area (TPSA) is 45.8 Å². The number of hydrogen-bond donors (Lipinski definition) is 1. The molecule has 0 atom stereocenters. The van der Waals surface area contributed by atoms with E-state index in [9.17, 15) is 9.18 Å². The lowest BCUT2D eigenvalue weighted by Gasteiger charge is -2.26. The van der Waals surface area contributed by atoms with E-state index in [4.69, 9.17) is 0 Å². The van der Waals surface area contributed by atoms with Crippen LogP contribution in [0.15, 0.2) is 106 Å². The number of halogens is 2. The SMILES string of the molecule is Fc1ccc(Cc2cccc3ccc4c(c23)CCC2=C4C=CCC2)cc1Br.O=c1[nH]ncc2ccccc12. The van der Waals surface area contributed by atoms with Crippen molar-refractivity contribution >= 4 is 43.0 Å². The number of nitrogens with one attached hydrogen (secondary N) is 1. The summed E-state index contributed by atoms with van der Waals surface area (Å²) >= 11 is 3.32. The van der Waals surface area contributed by atoms with Crippen LogP contribution in [0.1, 0.15) is 41.5 Å². The highest BCUT2D eigenvalue weighted by molar-refractivity contribution is 9.10. The molecule has 38 heavy (non-hydrogen) atoms. The van der Waals surface area contributed by atoms with Gasteiger partial charge in [0.05, 0.1) is 10.7 Å². The van der Waals surface area contributed by atoms with Crippen molar-refractivity contribution in [2.24, 2.45) is 0 Å². The normalized spacial score (nSPS) is 14.2. The van der Waals surface area contributed by atoms with Crippen molar-refractivity contribution in [1.29, 1.82) is 0 Å². The summed E-state index contributed by atoms with van der Waals surface area (Å²) < 4.78 is 14.1. The Hall–Kier alpha value is -3.83. The van der Waals surface area contributed by atoms with Crippen LogP contribution in [0.5, 0.6) is 0 Å². The van der Waals surface area contributed by atoms with Crippen molar-refractivity contribution in [3.8, 4) is 0 Å². The van der Waals surface area contributed by atoms with Crippen molar-refractivity contribution in [1.82, 2.24) is 10.2 Å². The first-order chi connectivity index (χ1) is 18.6. The minimum Gasteiger partial charge on any atom is -0.267 e. The van der Waals surface area contributed by atoms with Gasteiger partial charge in [-0.15, -0.1) is 0 Å². The Bertz CT molecular complexity index is 1800. The molecule has 5 heteroatoms. The van der Waals surface area contributed by atoms with Gasteiger partial charge < -0.3 is 0 Å². The third-order valence-corrected chi connectivity index (χ3v) is 8.05. The van der Waals surface area contributed by atoms with E-state index in [0.29, 0.717) is 9.86 Å². The number of aromatic nitrogens is 2. The van der Waals surface area contributed by atoms with Gasteiger partial charge in [-0.1, -0.05) is 72.3 Å². The van der Waals surface area contributed by atoms with Gasteiger partial charge in [0.25, 0.3) is 5.56 Å². The molecule has 2 aliphatic carbocycles. The molecule has 0 aliphatic heterocycles. The van der Waals surface area contributed by atoms with Crippen LogP contribution in [0, 0.1) is 5.82 Å². The van der Waals surface area contributed by atoms with Gasteiger partial charge in [0.1, 0.15) is 5.82 Å². The first-order valence-electron chi connectivity index (χ1n) is 12.9. The van der Waals surface area contributed by atoms with Crippen molar-refractivity contribution < 1.29 is 4.39 Å². The maximum absolute atomic E-state index is 13.6. The molecular weight excluding hydrogens is 539 g/mol. The third-order valence-electron chi connectivity index (χ3n) is 7.44. The van der Waals surface area contributed by atoms with Gasteiger partial charge in [0, 0.05) is 10.8 Å². The third kappa shape index (κ3) is 4.74. The van der Waals surface area contributed by atoms with E-state index in [0.717, 1.165) is 23.8 Å². The summed E-state index contributed by atoms with van der Waals surface area (Å²) in [7, 11) is 0. The van der Waals surface area contributed by atoms with Gasteiger partial charge >= 0.3 is 0 Å². The number of H-pyrrole nitrogens is 1. The minimum atomic E-state index is -0.211. The second-order valence-electron chi connectivity index (χ2n) is 9.78. The summed E-state index contributed by atoms with van der Waals surface area (Å²) in [5, 5.41) is 10.3. The molecule has 0 bridgehead atoms. The van der Waals surface area contributed by atoms with Gasteiger partial charge in [-0.05, 0) is 105 Å². The zero-order valence-corrected chi connectivity index (χ0v) is 22.4. The summed E-state index contributed by atoms with van der Waals surface area (Å²) in [6, 6.07) is 23.8. The summed E-state index contributed by atoms with van der Waals surface area (Å²) in [6.45, 7) is 0. The van der Waals surface area contributed by atoms with E-state index >= 15 is 0 Å². The van der Waals surface area contributed by atoms with Gasteiger partial charge in [-0.25, -0.2) is 9.49 Å². The second-order valence-corrected chi connectivity index (χ2v) is 10.6. The standard InChI is InChI=1S/C25H20BrF.C8H6N2O/c26-23-15-16(8-13-24(23)27)14-19-6-3-5-18-10-11-21-20-7-2-1-4-17(20)9-12-22(21)25(18)19;11-8-7-4-2-1-3-6(7)5-9-10-8/h2-3,5-8,10-11,13,15H,1,4,9,12,14H2;1-5H,(H,10,11). The predicted molar refractivity (Wildman–Crippen MR) is 157 cm³/mol. The first kappa shape index (κ1) is 24.5. The predicted octanol–water partition coefficient (Wildman–Crippen LogP) is 8.31. The Morgan fingerprint density at radius 3 is 2.66 bits per heavy atom. The first-order valence-corrected chi connectivity index (χ1v) is 13.7. The van der Waals surface area contributed by atoms with Crippen molar-refractivity contribution in [2.75, 3.05) is 0 Å². The maximum atomic E-state index is 13.6. The molecule has 7 rings (SSSR count). The fourth-order valence-corrected chi connectivity index (χ4v) is 6.05. The summed E-state index contributed by atoms with van der Waals surface area (Å²) in [5.41, 5.74) is 8.27. The van der Waals surface area contributed by atoms with E-state index in [2.05, 4.69) is 68.6 Å². The average Bonchev–Trinajstić information content (AvgIpc) is 2.95. The highest BCUT2D eigenvalue weighted by Crippen LogP contribution is 2.41. The number of aryl methyl sites for hydroxylation is 1. The van der Waals surface area contributed by atoms with Crippen molar-refractivity contribution in [3.63, 3.8) is 0 Å². The molecule has 188 valence electrons. The lowest BCUT2D eigenvalue weighted by atomic mass is 9.78. The molecule has 1 N–H and O–H groups in total. The Labute approximate surface area is 228 Å². The molecule has 3 nitrogen and oxygen atoms in total. The molecule has 0 unspecified atom stereocenters. The molecule has 5 aromatic rings. The lowest BCUT2D eigenvalue weighted by Crippen LogP contribution is -2.08. The molecule has 0 saturated carbocycles. The summed E-state index contributed by atoms with van der Waals surface area (Å²) in [5.74, 6) is -0.211. The van der Waals surface area contributed by atoms with Crippen LogP contribution in [0.25, 0.3) is 27.1 Å². The number of allylic oxidation sites excluding steroid dienone is 4. The molecule has 0 fully saturated rings. The van der Waals surface area contributed by atoms with Gasteiger partial charge in [-0.2, -0.15) is 5.10 Å². The monoisotopic (exact) mass is 564 g/mol. The molecule has 0 radical (unpaired) electrons. The second kappa shape index (κ2) is 10.5. The van der Waals surface area contributed by atoms with Crippen LogP contribution in [-0.4, -0.2) is 10.2 Å². The molecule has 0 amide bonds. The van der Waals surface area contributed by atoms with Crippen LogP contribution < -0.4 is 5.56 Å². The van der Waals surface area contributed by atoms with Gasteiger partial charge in [0.15, 0.2) is 0 Å². The van der Waals surface area contributed by atoms with Crippen LogP contribution >= 0.6 is 15.9 Å². The quantitative estimate of drug-likeness (QED) is 0.234. The fourth-order valence-electron chi connectivity index (χ4n) is 5.63. The molecule has 4 aromatic carbocycles. The largest absolute Gasteiger partial charge is 0.272 e. The van der Waals surface area contributed by atoms with E-state index in [1.54, 1.807) is 23.9 Å². The molecule has 0 spiro atoms. The Morgan fingerprint density at radius 1 is 0.921 bits per heavy atom. The molecular formula is C33H26BrFN2O. The highest BCUT2D eigenvalue weighted by atomic mass is 79.9. The smallest absolute Gasteiger partial charge is 0.267 e. The Morgan fingerprint density at radius 2 is 1.79 bits per heavy atom. The highest BCUT2D eigenvalue weighted by Gasteiger charge is 2.21. The van der Waals surface area contributed by atoms with Gasteiger partial charge in [-0.3, -0.25) is 4.79 Å². The average molecular weight is 565 g/mol. The molecule has 2 aliphatic rings. The number of nitrogens with zero attached hydrogens (tertiary/aromatic N) is 1. The molecule has 0 saturated heterocycles. The van der Waals surface area contributed by atoms with Crippen LogP contribution in [0.3, 0.4) is 0 Å². The van der Waals surface area contributed by atoms with E-state index in [1.165, 1.54) is 52.3 Å². The summed E-state index contributed by atoms with van der Waals surface area (Å²) in [6.07, 6.45) is 11.7. The zero-order valence-electron chi connectivity index (χ0n) is 20.8. The minimum absolute atomic E-state index is 0.136. The van der Waals surface area contributed by atoms with Crippen molar-refractivity contribution in [2.45, 2.75) is 32.1 Å². The van der Waals surface area contributed by atoms with Gasteiger partial charge in [0.2, 0.25) is 0 Å². The number of hydrogen-bond acceptors (Lipinski definition) is 2. The number of benzene rings is 4. The molecule has 1 aromatic heterocycles. The number of aromatic amines is 1. The maximum Gasteiger partial charge on any atom is 0.272 e. The van der Waals surface area contributed by atoms with Crippen LogP contribution in [0.2, 0.25) is 0 Å².